The lowest BCUT2D eigenvalue weighted by Gasteiger charge is -2.56. The van der Waals surface area contributed by atoms with E-state index in [1.54, 1.807) is 0 Å². The molecule has 6 heteroatoms. The lowest BCUT2D eigenvalue weighted by Crippen LogP contribution is -2.52. The maximum Gasteiger partial charge on any atom is 0.306 e. The summed E-state index contributed by atoms with van der Waals surface area (Å²) in [4.78, 5) is 23.9. The van der Waals surface area contributed by atoms with E-state index < -0.39 is 6.10 Å². The van der Waals surface area contributed by atoms with Crippen LogP contribution in [0.5, 0.6) is 0 Å². The first-order valence-corrected chi connectivity index (χ1v) is 13.1. The molecule has 0 aromatic rings. The van der Waals surface area contributed by atoms with Gasteiger partial charge in [0.25, 0.3) is 0 Å². The summed E-state index contributed by atoms with van der Waals surface area (Å²) in [5.41, 5.74) is 1.34. The number of unbranched alkanes of at least 4 members (excludes halogenated alkanes) is 1. The fourth-order valence-corrected chi connectivity index (χ4v) is 8.15. The molecule has 0 aliphatic heterocycles. The Hall–Kier alpha value is -0.880. The van der Waals surface area contributed by atoms with Crippen molar-refractivity contribution in [2.45, 2.75) is 102 Å². The van der Waals surface area contributed by atoms with Crippen LogP contribution in [-0.4, -0.2) is 40.2 Å². The third kappa shape index (κ3) is 4.36. The molecule has 0 radical (unpaired) electrons. The van der Waals surface area contributed by atoms with Gasteiger partial charge in [-0.25, -0.2) is 0 Å². The molecule has 0 amide bonds. The number of hydrogen-bond donors (Lipinski definition) is 1. The summed E-state index contributed by atoms with van der Waals surface area (Å²) < 4.78 is 11.5. The highest BCUT2D eigenvalue weighted by molar-refractivity contribution is 9.09. The van der Waals surface area contributed by atoms with E-state index in [2.05, 4.69) is 35.9 Å². The number of carbonyl (C=O) groups excluding carboxylic acids is 2. The van der Waals surface area contributed by atoms with Crippen molar-refractivity contribution in [1.82, 2.24) is 0 Å². The number of alkyl halides is 1. The van der Waals surface area contributed by atoms with Crippen LogP contribution in [0, 0.1) is 29.1 Å². The van der Waals surface area contributed by atoms with Crippen LogP contribution >= 0.6 is 15.9 Å². The summed E-state index contributed by atoms with van der Waals surface area (Å²) in [6.07, 6.45) is 9.50. The Kier molecular flexibility index (Phi) is 6.88. The minimum absolute atomic E-state index is 0.0581. The molecular weight excluding hydrogens is 460 g/mol. The van der Waals surface area contributed by atoms with E-state index in [4.69, 9.17) is 9.47 Å². The Balaban J connectivity index is 1.50. The van der Waals surface area contributed by atoms with E-state index in [-0.39, 0.29) is 40.3 Å². The fraction of sp³-hybridized carbons (Fsp3) is 0.840. The molecule has 31 heavy (non-hydrogen) atoms. The van der Waals surface area contributed by atoms with Crippen molar-refractivity contribution in [3.8, 4) is 0 Å². The summed E-state index contributed by atoms with van der Waals surface area (Å²) in [5.74, 6) is 1.01. The van der Waals surface area contributed by atoms with Crippen molar-refractivity contribution >= 4 is 27.9 Å². The topological polar surface area (TPSA) is 72.8 Å². The Morgan fingerprint density at radius 3 is 2.71 bits per heavy atom. The van der Waals surface area contributed by atoms with Gasteiger partial charge >= 0.3 is 11.9 Å². The van der Waals surface area contributed by atoms with Gasteiger partial charge in [-0.3, -0.25) is 9.59 Å². The summed E-state index contributed by atoms with van der Waals surface area (Å²) >= 11 is 3.77. The number of esters is 2. The molecule has 4 aliphatic rings. The average molecular weight is 497 g/mol. The van der Waals surface area contributed by atoms with Crippen LogP contribution < -0.4 is 0 Å². The Morgan fingerprint density at radius 1 is 1.23 bits per heavy atom. The number of aliphatic hydroxyl groups excluding tert-OH is 1. The fourth-order valence-electron chi connectivity index (χ4n) is 7.22. The molecular formula is C25H37BrO5. The van der Waals surface area contributed by atoms with Gasteiger partial charge in [0.2, 0.25) is 0 Å². The van der Waals surface area contributed by atoms with E-state index in [0.717, 1.165) is 51.4 Å². The molecule has 0 aromatic heterocycles. The first kappa shape index (κ1) is 23.3. The van der Waals surface area contributed by atoms with E-state index in [1.165, 1.54) is 12.5 Å². The second kappa shape index (κ2) is 9.17. The van der Waals surface area contributed by atoms with Crippen molar-refractivity contribution in [3.63, 3.8) is 0 Å². The second-order valence-corrected chi connectivity index (χ2v) is 11.6. The van der Waals surface area contributed by atoms with Crippen LogP contribution in [0.4, 0.5) is 0 Å². The number of hydrogen-bond acceptors (Lipinski definition) is 5. The SMILES string of the molecule is CCCCC(=O)O[C@H]1CC[C@@]2(C)C(=CC(O)C3C4C[C@@H](Br)[C@H](OC(C)=O)[C@H]4CCC32)C1. The molecule has 9 atom stereocenters. The maximum atomic E-state index is 12.1. The van der Waals surface area contributed by atoms with Gasteiger partial charge in [-0.05, 0) is 61.7 Å². The highest BCUT2D eigenvalue weighted by Gasteiger charge is 2.59. The lowest BCUT2D eigenvalue weighted by atomic mass is 9.50. The van der Waals surface area contributed by atoms with Crippen LogP contribution in [0.1, 0.15) is 78.6 Å². The van der Waals surface area contributed by atoms with Crippen molar-refractivity contribution in [3.05, 3.63) is 11.6 Å². The molecule has 0 heterocycles. The van der Waals surface area contributed by atoms with Gasteiger partial charge in [0.05, 0.1) is 10.9 Å². The van der Waals surface area contributed by atoms with E-state index in [0.29, 0.717) is 24.2 Å². The molecule has 4 rings (SSSR count). The number of fused-ring (bicyclic) bond motifs is 5. The third-order valence-corrected chi connectivity index (χ3v) is 9.58. The molecule has 0 spiro atoms. The van der Waals surface area contributed by atoms with Crippen LogP contribution in [-0.2, 0) is 19.1 Å². The summed E-state index contributed by atoms with van der Waals surface area (Å²) in [6, 6.07) is 0. The van der Waals surface area contributed by atoms with E-state index >= 15 is 0 Å². The number of rotatable bonds is 5. The van der Waals surface area contributed by atoms with Gasteiger partial charge in [-0.1, -0.05) is 47.8 Å². The van der Waals surface area contributed by atoms with Crippen molar-refractivity contribution in [2.75, 3.05) is 0 Å². The molecule has 3 saturated carbocycles. The maximum absolute atomic E-state index is 12.1. The normalized spacial score (nSPS) is 43.8. The quantitative estimate of drug-likeness (QED) is 0.331. The highest BCUT2D eigenvalue weighted by Crippen LogP contribution is 2.62. The molecule has 1 N–H and O–H groups in total. The van der Waals surface area contributed by atoms with Crippen molar-refractivity contribution in [1.29, 1.82) is 0 Å². The molecule has 0 saturated heterocycles. The highest BCUT2D eigenvalue weighted by atomic mass is 79.9. The van der Waals surface area contributed by atoms with Crippen molar-refractivity contribution in [2.24, 2.45) is 29.1 Å². The zero-order valence-electron chi connectivity index (χ0n) is 19.0. The average Bonchev–Trinajstić information content (AvgIpc) is 3.02. The molecule has 3 fully saturated rings. The van der Waals surface area contributed by atoms with Crippen LogP contribution in [0.15, 0.2) is 11.6 Å². The number of halogens is 1. The van der Waals surface area contributed by atoms with Gasteiger partial charge in [-0.2, -0.15) is 0 Å². The summed E-state index contributed by atoms with van der Waals surface area (Å²) in [5, 5.41) is 11.2. The standard InChI is InChI=1S/C25H37BrO5/c1-4-5-6-22(29)31-16-9-10-25(3)15(11-16)12-21(28)23-18-13-20(26)24(30-14(2)27)17(18)7-8-19(23)25/h12,16-21,23-24,28H,4-11,13H2,1-3H3/t16-,17-,18?,19?,20+,21?,23?,24+,25-/m0/s1. The first-order valence-electron chi connectivity index (χ1n) is 12.1. The van der Waals surface area contributed by atoms with Crippen LogP contribution in [0.3, 0.4) is 0 Å². The van der Waals surface area contributed by atoms with Crippen molar-refractivity contribution < 1.29 is 24.2 Å². The third-order valence-electron chi connectivity index (χ3n) is 8.68. The monoisotopic (exact) mass is 496 g/mol. The minimum atomic E-state index is -0.480. The predicted octanol–water partition coefficient (Wildman–Crippen LogP) is 4.94. The smallest absolute Gasteiger partial charge is 0.306 e. The molecule has 0 aromatic carbocycles. The molecule has 0 bridgehead atoms. The van der Waals surface area contributed by atoms with Crippen LogP contribution in [0.25, 0.3) is 0 Å². The largest absolute Gasteiger partial charge is 0.462 e. The zero-order valence-corrected chi connectivity index (χ0v) is 20.6. The number of carbonyl (C=O) groups is 2. The number of aliphatic hydroxyl groups is 1. The van der Waals surface area contributed by atoms with Gasteiger partial charge in [0, 0.05) is 25.7 Å². The number of ether oxygens (including phenoxy) is 2. The molecule has 174 valence electrons. The summed E-state index contributed by atoms with van der Waals surface area (Å²) in [7, 11) is 0. The van der Waals surface area contributed by atoms with Gasteiger partial charge in [0.1, 0.15) is 12.2 Å². The van der Waals surface area contributed by atoms with Gasteiger partial charge in [-0.15, -0.1) is 0 Å². The van der Waals surface area contributed by atoms with Gasteiger partial charge < -0.3 is 14.6 Å². The Bertz CT molecular complexity index is 735. The minimum Gasteiger partial charge on any atom is -0.462 e. The van der Waals surface area contributed by atoms with Gasteiger partial charge in [0.15, 0.2) is 0 Å². The second-order valence-electron chi connectivity index (χ2n) is 10.5. The van der Waals surface area contributed by atoms with E-state index in [9.17, 15) is 14.7 Å². The predicted molar refractivity (Wildman–Crippen MR) is 122 cm³/mol. The van der Waals surface area contributed by atoms with E-state index in [1.807, 2.05) is 0 Å². The van der Waals surface area contributed by atoms with Crippen LogP contribution in [0.2, 0.25) is 0 Å². The Morgan fingerprint density at radius 2 is 2.00 bits per heavy atom. The Labute approximate surface area is 194 Å². The first-order chi connectivity index (χ1) is 14.7. The molecule has 5 nitrogen and oxygen atoms in total. The summed E-state index contributed by atoms with van der Waals surface area (Å²) in [6.45, 7) is 5.93. The zero-order chi connectivity index (χ0) is 22.3. The lowest BCUT2D eigenvalue weighted by molar-refractivity contribution is -0.152. The molecule has 4 unspecified atom stereocenters. The molecule has 4 aliphatic carbocycles.